The fourth-order valence-corrected chi connectivity index (χ4v) is 2.31. The lowest BCUT2D eigenvalue weighted by Gasteiger charge is -2.05. The van der Waals surface area contributed by atoms with Gasteiger partial charge in [-0.3, -0.25) is 0 Å². The summed E-state index contributed by atoms with van der Waals surface area (Å²) in [6, 6.07) is 0. The molecule has 3 nitrogen and oxygen atoms in total. The maximum absolute atomic E-state index is 4.30. The Kier molecular flexibility index (Phi) is 8.18. The number of hydrogen-bond acceptors (Lipinski definition) is 3. The van der Waals surface area contributed by atoms with Crippen LogP contribution >= 0.6 is 11.8 Å². The first-order valence-electron chi connectivity index (χ1n) is 6.50. The number of rotatable bonds is 10. The van der Waals surface area contributed by atoms with Gasteiger partial charge in [0.15, 0.2) is 0 Å². The molecule has 0 fully saturated rings. The first-order valence-corrected chi connectivity index (χ1v) is 7.90. The Hall–Kier alpha value is -0.480. The van der Waals surface area contributed by atoms with Crippen LogP contribution in [0.3, 0.4) is 0 Å². The van der Waals surface area contributed by atoms with Gasteiger partial charge in [-0.05, 0) is 31.4 Å². The minimum absolute atomic E-state index is 1.02. The van der Waals surface area contributed by atoms with Gasteiger partial charge < -0.3 is 9.88 Å². The van der Waals surface area contributed by atoms with Crippen molar-refractivity contribution in [3.05, 3.63) is 18.2 Å². The quantitative estimate of drug-likeness (QED) is 0.651. The van der Waals surface area contributed by atoms with E-state index >= 15 is 0 Å². The zero-order chi connectivity index (χ0) is 12.3. The minimum Gasteiger partial charge on any atom is -0.338 e. The number of nitrogens with one attached hydrogen (secondary N) is 1. The molecule has 1 rings (SSSR count). The molecule has 0 saturated carbocycles. The van der Waals surface area contributed by atoms with Crippen molar-refractivity contribution in [1.29, 1.82) is 0 Å². The fourth-order valence-electron chi connectivity index (χ4n) is 1.81. The number of aromatic nitrogens is 2. The summed E-state index contributed by atoms with van der Waals surface area (Å²) < 4.78 is 2.09. The average Bonchev–Trinajstić information content (AvgIpc) is 2.73. The Labute approximate surface area is 109 Å². The van der Waals surface area contributed by atoms with Crippen LogP contribution in [0, 0.1) is 0 Å². The molecule has 0 radical (unpaired) electrons. The topological polar surface area (TPSA) is 29.9 Å². The molecule has 17 heavy (non-hydrogen) atoms. The molecule has 4 heteroatoms. The first kappa shape index (κ1) is 14.6. The predicted molar refractivity (Wildman–Crippen MR) is 76.6 cm³/mol. The number of aryl methyl sites for hydroxylation is 1. The van der Waals surface area contributed by atoms with Crippen molar-refractivity contribution in [1.82, 2.24) is 14.9 Å². The Morgan fingerprint density at radius 1 is 1.24 bits per heavy atom. The normalized spacial score (nSPS) is 10.9. The molecule has 0 aliphatic rings. The number of nitrogens with zero attached hydrogens (tertiary/aromatic N) is 2. The second-order valence-electron chi connectivity index (χ2n) is 4.36. The van der Waals surface area contributed by atoms with Crippen LogP contribution in [0.2, 0.25) is 0 Å². The van der Waals surface area contributed by atoms with E-state index < -0.39 is 0 Å². The van der Waals surface area contributed by atoms with E-state index in [-0.39, 0.29) is 0 Å². The summed E-state index contributed by atoms with van der Waals surface area (Å²) in [6.45, 7) is 2.18. The van der Waals surface area contributed by atoms with E-state index in [1.165, 1.54) is 31.4 Å². The molecule has 1 aromatic heterocycles. The molecule has 0 spiro atoms. The fraction of sp³-hybridized carbons (Fsp3) is 0.769. The largest absolute Gasteiger partial charge is 0.338 e. The van der Waals surface area contributed by atoms with Gasteiger partial charge in [0.2, 0.25) is 0 Å². The monoisotopic (exact) mass is 255 g/mol. The molecular weight excluding hydrogens is 230 g/mol. The lowest BCUT2D eigenvalue weighted by Crippen LogP contribution is -2.19. The third-order valence-electron chi connectivity index (χ3n) is 2.90. The molecule has 0 unspecified atom stereocenters. The Bertz CT molecular complexity index is 286. The number of hydrogen-bond donors (Lipinski definition) is 1. The van der Waals surface area contributed by atoms with Crippen LogP contribution in [0.25, 0.3) is 0 Å². The molecule has 98 valence electrons. The number of unbranched alkanes of at least 4 members (excludes halogenated alkanes) is 3. The van der Waals surface area contributed by atoms with Crippen molar-refractivity contribution in [2.24, 2.45) is 7.05 Å². The summed E-state index contributed by atoms with van der Waals surface area (Å²) in [7, 11) is 2.05. The zero-order valence-electron chi connectivity index (χ0n) is 11.1. The van der Waals surface area contributed by atoms with Gasteiger partial charge in [-0.2, -0.15) is 11.8 Å². The predicted octanol–water partition coefficient (Wildman–Crippen LogP) is 2.48. The Balaban J connectivity index is 1.86. The summed E-state index contributed by atoms with van der Waals surface area (Å²) >= 11 is 1.95. The van der Waals surface area contributed by atoms with Crippen LogP contribution in [0.4, 0.5) is 0 Å². The highest BCUT2D eigenvalue weighted by Gasteiger charge is 1.97. The molecule has 1 heterocycles. The second-order valence-corrected chi connectivity index (χ2v) is 5.35. The third kappa shape index (κ3) is 6.74. The lowest BCUT2D eigenvalue weighted by molar-refractivity contribution is 0.591. The SMILES string of the molecule is CSCCCCCCNCCc1nccn1C. The van der Waals surface area contributed by atoms with E-state index in [1.807, 2.05) is 31.2 Å². The van der Waals surface area contributed by atoms with Crippen molar-refractivity contribution in [2.45, 2.75) is 32.1 Å². The minimum atomic E-state index is 1.02. The van der Waals surface area contributed by atoms with Gasteiger partial charge in [0, 0.05) is 32.4 Å². The summed E-state index contributed by atoms with van der Waals surface area (Å²) in [4.78, 5) is 4.30. The van der Waals surface area contributed by atoms with Gasteiger partial charge in [0.25, 0.3) is 0 Å². The average molecular weight is 255 g/mol. The first-order chi connectivity index (χ1) is 8.34. The summed E-state index contributed by atoms with van der Waals surface area (Å²) in [6.07, 6.45) is 12.5. The number of imidazole rings is 1. The van der Waals surface area contributed by atoms with Gasteiger partial charge in [-0.1, -0.05) is 12.8 Å². The second kappa shape index (κ2) is 9.54. The number of thioether (sulfide) groups is 1. The Morgan fingerprint density at radius 2 is 2.06 bits per heavy atom. The van der Waals surface area contributed by atoms with Crippen molar-refractivity contribution in [2.75, 3.05) is 25.1 Å². The van der Waals surface area contributed by atoms with Crippen molar-refractivity contribution < 1.29 is 0 Å². The highest BCUT2D eigenvalue weighted by Crippen LogP contribution is 2.03. The summed E-state index contributed by atoms with van der Waals surface area (Å²) in [5.41, 5.74) is 0. The van der Waals surface area contributed by atoms with Crippen LogP contribution in [-0.4, -0.2) is 34.6 Å². The third-order valence-corrected chi connectivity index (χ3v) is 3.60. The van der Waals surface area contributed by atoms with Crippen LogP contribution in [0.15, 0.2) is 12.4 Å². The zero-order valence-corrected chi connectivity index (χ0v) is 11.9. The van der Waals surface area contributed by atoms with E-state index in [0.29, 0.717) is 0 Å². The molecule has 0 aliphatic heterocycles. The standard InChI is InChI=1S/C13H25N3S/c1-16-11-10-15-13(16)7-9-14-8-5-3-4-6-12-17-2/h10-11,14H,3-9,12H2,1-2H3. The maximum Gasteiger partial charge on any atom is 0.109 e. The van der Waals surface area contributed by atoms with Gasteiger partial charge in [0.05, 0.1) is 0 Å². The van der Waals surface area contributed by atoms with E-state index in [0.717, 1.165) is 25.3 Å². The smallest absolute Gasteiger partial charge is 0.109 e. The van der Waals surface area contributed by atoms with Crippen LogP contribution in [0.1, 0.15) is 31.5 Å². The van der Waals surface area contributed by atoms with Crippen LogP contribution in [0.5, 0.6) is 0 Å². The molecule has 1 aromatic rings. The Morgan fingerprint density at radius 3 is 2.76 bits per heavy atom. The molecule has 0 atom stereocenters. The molecular formula is C13H25N3S. The molecule has 0 saturated heterocycles. The highest BCUT2D eigenvalue weighted by atomic mass is 32.2. The highest BCUT2D eigenvalue weighted by molar-refractivity contribution is 7.98. The van der Waals surface area contributed by atoms with Crippen molar-refractivity contribution in [3.8, 4) is 0 Å². The van der Waals surface area contributed by atoms with E-state index in [2.05, 4.69) is 21.1 Å². The van der Waals surface area contributed by atoms with Crippen molar-refractivity contribution >= 4 is 11.8 Å². The van der Waals surface area contributed by atoms with E-state index in [1.54, 1.807) is 0 Å². The van der Waals surface area contributed by atoms with Gasteiger partial charge in [-0.15, -0.1) is 0 Å². The lowest BCUT2D eigenvalue weighted by atomic mass is 10.2. The van der Waals surface area contributed by atoms with Crippen molar-refractivity contribution in [3.63, 3.8) is 0 Å². The molecule has 0 aliphatic carbocycles. The van der Waals surface area contributed by atoms with Gasteiger partial charge in [-0.25, -0.2) is 4.98 Å². The molecule has 1 N–H and O–H groups in total. The van der Waals surface area contributed by atoms with E-state index in [4.69, 9.17) is 0 Å². The van der Waals surface area contributed by atoms with Gasteiger partial charge in [0.1, 0.15) is 5.82 Å². The molecule has 0 amide bonds. The molecule has 0 aromatic carbocycles. The van der Waals surface area contributed by atoms with Gasteiger partial charge >= 0.3 is 0 Å². The van der Waals surface area contributed by atoms with Crippen LogP contribution in [-0.2, 0) is 13.5 Å². The van der Waals surface area contributed by atoms with Crippen LogP contribution < -0.4 is 5.32 Å². The summed E-state index contributed by atoms with van der Waals surface area (Å²) in [5.74, 6) is 2.48. The molecule has 0 bridgehead atoms. The summed E-state index contributed by atoms with van der Waals surface area (Å²) in [5, 5.41) is 3.48. The van der Waals surface area contributed by atoms with E-state index in [9.17, 15) is 0 Å². The maximum atomic E-state index is 4.30.